The predicted octanol–water partition coefficient (Wildman–Crippen LogP) is -4.82. The summed E-state index contributed by atoms with van der Waals surface area (Å²) in [5, 5.41) is 16.8. The molecule has 0 aromatic rings. The first kappa shape index (κ1) is 17.7. The van der Waals surface area contributed by atoms with E-state index in [9.17, 15) is 19.5 Å². The van der Waals surface area contributed by atoms with E-state index in [1.165, 1.54) is 0 Å². The Labute approximate surface area is 150 Å². The number of fused-ring (bicyclic) bond motifs is 2. The van der Waals surface area contributed by atoms with E-state index in [0.29, 0.717) is 25.9 Å². The molecule has 3 heterocycles. The number of carboxylic acids is 1. The zero-order valence-electron chi connectivity index (χ0n) is 12.7. The van der Waals surface area contributed by atoms with Gasteiger partial charge in [0.1, 0.15) is 0 Å². The van der Waals surface area contributed by atoms with Gasteiger partial charge in [-0.15, -0.1) is 0 Å². The van der Waals surface area contributed by atoms with Crippen molar-refractivity contribution in [1.82, 2.24) is 10.6 Å². The average molecular weight is 318 g/mol. The van der Waals surface area contributed by atoms with Crippen molar-refractivity contribution in [2.75, 3.05) is 13.1 Å². The molecular formula is C14H19N2NaO5. The number of carboxylic acid groups (broad SMARTS) is 1. The fraction of sp³-hybridized carbons (Fsp3) is 0.786. The van der Waals surface area contributed by atoms with Gasteiger partial charge >= 0.3 is 29.6 Å². The molecule has 0 aromatic carbocycles. The zero-order valence-corrected chi connectivity index (χ0v) is 14.7. The minimum absolute atomic E-state index is 0. The molecule has 2 amide bonds. The molecule has 3 rings (SSSR count). The average Bonchev–Trinajstić information content (AvgIpc) is 3.05. The van der Waals surface area contributed by atoms with E-state index in [1.807, 2.05) is 0 Å². The predicted molar refractivity (Wildman–Crippen MR) is 68.6 cm³/mol. The molecule has 3 aliphatic rings. The van der Waals surface area contributed by atoms with E-state index < -0.39 is 23.9 Å². The molecule has 116 valence electrons. The van der Waals surface area contributed by atoms with Crippen molar-refractivity contribution in [3.8, 4) is 0 Å². The molecule has 2 N–H and O–H groups in total. The molecule has 0 saturated carbocycles. The van der Waals surface area contributed by atoms with Gasteiger partial charge < -0.3 is 25.3 Å². The van der Waals surface area contributed by atoms with Gasteiger partial charge in [-0.05, 0) is 25.2 Å². The van der Waals surface area contributed by atoms with E-state index in [0.717, 1.165) is 12.8 Å². The second kappa shape index (κ2) is 7.29. The molecule has 7 nitrogen and oxygen atoms in total. The summed E-state index contributed by atoms with van der Waals surface area (Å²) >= 11 is 0. The molecule has 1 unspecified atom stereocenters. The van der Waals surface area contributed by atoms with Crippen LogP contribution in [0, 0.1) is 17.8 Å². The SMILES string of the molecule is O=C1CC(CNC(=O)[C@H]2[C@@H](C(=O)[O-])[C@@H]3CC[C@H]2O3)CCN1.[Na+]. The van der Waals surface area contributed by atoms with Crippen molar-refractivity contribution in [3.05, 3.63) is 0 Å². The van der Waals surface area contributed by atoms with Crippen molar-refractivity contribution in [1.29, 1.82) is 0 Å². The molecule has 2 bridgehead atoms. The molecule has 0 spiro atoms. The molecule has 5 atom stereocenters. The summed E-state index contributed by atoms with van der Waals surface area (Å²) in [6.45, 7) is 1.03. The number of piperidine rings is 1. The Morgan fingerprint density at radius 2 is 1.91 bits per heavy atom. The maximum absolute atomic E-state index is 12.3. The topological polar surface area (TPSA) is 108 Å². The number of aliphatic carboxylic acids is 1. The van der Waals surface area contributed by atoms with Gasteiger partial charge in [0.2, 0.25) is 11.8 Å². The van der Waals surface area contributed by atoms with Gasteiger partial charge in [0.05, 0.1) is 18.1 Å². The van der Waals surface area contributed by atoms with E-state index in [2.05, 4.69) is 10.6 Å². The van der Waals surface area contributed by atoms with Crippen molar-refractivity contribution in [2.24, 2.45) is 17.8 Å². The molecular weight excluding hydrogens is 299 g/mol. The van der Waals surface area contributed by atoms with Crippen LogP contribution in [-0.4, -0.2) is 43.1 Å². The van der Waals surface area contributed by atoms with Gasteiger partial charge in [-0.3, -0.25) is 9.59 Å². The Kier molecular flexibility index (Phi) is 5.87. The van der Waals surface area contributed by atoms with Crippen LogP contribution in [0.2, 0.25) is 0 Å². The number of hydrogen-bond donors (Lipinski definition) is 2. The van der Waals surface area contributed by atoms with Crippen LogP contribution >= 0.6 is 0 Å². The Hall–Kier alpha value is -0.630. The third-order valence-corrected chi connectivity index (χ3v) is 4.76. The van der Waals surface area contributed by atoms with Gasteiger partial charge in [0.15, 0.2) is 0 Å². The summed E-state index contributed by atoms with van der Waals surface area (Å²) in [5.41, 5.74) is 0. The monoisotopic (exact) mass is 318 g/mol. The van der Waals surface area contributed by atoms with Crippen LogP contribution in [0.3, 0.4) is 0 Å². The number of hydrogen-bond acceptors (Lipinski definition) is 5. The van der Waals surface area contributed by atoms with Crippen molar-refractivity contribution >= 4 is 17.8 Å². The number of ether oxygens (including phenoxy) is 1. The van der Waals surface area contributed by atoms with E-state index >= 15 is 0 Å². The van der Waals surface area contributed by atoms with Crippen LogP contribution in [0.15, 0.2) is 0 Å². The van der Waals surface area contributed by atoms with E-state index in [4.69, 9.17) is 4.74 Å². The van der Waals surface area contributed by atoms with Gasteiger partial charge in [0, 0.05) is 31.4 Å². The van der Waals surface area contributed by atoms with Gasteiger partial charge in [-0.2, -0.15) is 0 Å². The molecule has 0 aromatic heterocycles. The first-order chi connectivity index (χ1) is 10.1. The van der Waals surface area contributed by atoms with Gasteiger partial charge in [0.25, 0.3) is 0 Å². The third kappa shape index (κ3) is 3.48. The maximum atomic E-state index is 12.3. The number of amides is 2. The molecule has 3 fully saturated rings. The van der Waals surface area contributed by atoms with Crippen molar-refractivity contribution in [2.45, 2.75) is 37.9 Å². The van der Waals surface area contributed by atoms with Gasteiger partial charge in [-0.25, -0.2) is 0 Å². The summed E-state index contributed by atoms with van der Waals surface area (Å²) in [7, 11) is 0. The number of rotatable bonds is 4. The van der Waals surface area contributed by atoms with Crippen LogP contribution in [0.25, 0.3) is 0 Å². The van der Waals surface area contributed by atoms with Crippen LogP contribution < -0.4 is 45.3 Å². The van der Waals surface area contributed by atoms with Crippen LogP contribution in [0.4, 0.5) is 0 Å². The summed E-state index contributed by atoms with van der Waals surface area (Å²) in [4.78, 5) is 34.8. The smallest absolute Gasteiger partial charge is 0.550 e. The molecule has 8 heteroatoms. The normalized spacial score (nSPS) is 36.4. The number of carbonyl (C=O) groups is 3. The molecule has 22 heavy (non-hydrogen) atoms. The molecule has 0 aliphatic carbocycles. The third-order valence-electron chi connectivity index (χ3n) is 4.76. The quantitative estimate of drug-likeness (QED) is 0.506. The Bertz CT molecular complexity index is 472. The molecule has 0 radical (unpaired) electrons. The fourth-order valence-corrected chi connectivity index (χ4v) is 3.70. The van der Waals surface area contributed by atoms with E-state index in [1.54, 1.807) is 0 Å². The van der Waals surface area contributed by atoms with Crippen LogP contribution in [0.1, 0.15) is 25.7 Å². The van der Waals surface area contributed by atoms with E-state index in [-0.39, 0.29) is 53.4 Å². The summed E-state index contributed by atoms with van der Waals surface area (Å²) in [6.07, 6.45) is 1.92. The fourth-order valence-electron chi connectivity index (χ4n) is 3.70. The minimum atomic E-state index is -1.21. The summed E-state index contributed by atoms with van der Waals surface area (Å²) < 4.78 is 5.54. The molecule has 3 aliphatic heterocycles. The zero-order chi connectivity index (χ0) is 15.0. The Morgan fingerprint density at radius 3 is 2.55 bits per heavy atom. The second-order valence-corrected chi connectivity index (χ2v) is 6.11. The molecule has 3 saturated heterocycles. The number of carbonyl (C=O) groups excluding carboxylic acids is 3. The Morgan fingerprint density at radius 1 is 1.23 bits per heavy atom. The summed E-state index contributed by atoms with van der Waals surface area (Å²) in [5.74, 6) is -2.90. The standard InChI is InChI=1S/C14H20N2O5.Na/c17-10-5-7(3-4-15-10)6-16-13(18)11-8-1-2-9(21-8)12(11)14(19)20;/h7-9,11-12H,1-6H2,(H,15,17)(H,16,18)(H,19,20);/q;+1/p-1/t7?,8-,9+,11-,12+;/m1./s1. The Balaban J connectivity index is 0.00000176. The van der Waals surface area contributed by atoms with Crippen LogP contribution in [-0.2, 0) is 19.1 Å². The first-order valence-corrected chi connectivity index (χ1v) is 7.47. The van der Waals surface area contributed by atoms with Crippen LogP contribution in [0.5, 0.6) is 0 Å². The van der Waals surface area contributed by atoms with Crippen molar-refractivity contribution < 1.29 is 53.8 Å². The number of nitrogens with one attached hydrogen (secondary N) is 2. The first-order valence-electron chi connectivity index (χ1n) is 7.47. The summed E-state index contributed by atoms with van der Waals surface area (Å²) in [6, 6.07) is 0. The van der Waals surface area contributed by atoms with Crippen molar-refractivity contribution in [3.63, 3.8) is 0 Å². The van der Waals surface area contributed by atoms with Gasteiger partial charge in [-0.1, -0.05) is 0 Å². The minimum Gasteiger partial charge on any atom is -0.550 e. The largest absolute Gasteiger partial charge is 1.00 e. The maximum Gasteiger partial charge on any atom is 1.00 e. The second-order valence-electron chi connectivity index (χ2n) is 6.11.